The molecule has 0 fully saturated rings. The van der Waals surface area contributed by atoms with E-state index in [1.54, 1.807) is 6.33 Å². The lowest BCUT2D eigenvalue weighted by Crippen LogP contribution is -1.98. The monoisotopic (exact) mass is 373 g/mol. The minimum atomic E-state index is 0.666. The highest BCUT2D eigenvalue weighted by Gasteiger charge is 2.16. The first kappa shape index (κ1) is 15.8. The Morgan fingerprint density at radius 1 is 1.08 bits per heavy atom. The van der Waals surface area contributed by atoms with Crippen LogP contribution in [0.1, 0.15) is 5.69 Å². The number of halogens is 2. The molecule has 6 heteroatoms. The van der Waals surface area contributed by atoms with E-state index >= 15 is 0 Å². The lowest BCUT2D eigenvalue weighted by atomic mass is 10.1. The average molecular weight is 374 g/mol. The summed E-state index contributed by atoms with van der Waals surface area (Å²) in [5.74, 6) is 0.708. The molecular formula is C18H13Cl2N3S. The van der Waals surface area contributed by atoms with Crippen molar-refractivity contribution >= 4 is 57.8 Å². The quantitative estimate of drug-likeness (QED) is 0.490. The molecule has 2 heterocycles. The van der Waals surface area contributed by atoms with Gasteiger partial charge in [0.2, 0.25) is 0 Å². The number of hydrogen-bond donors (Lipinski definition) is 1. The molecule has 4 rings (SSSR count). The van der Waals surface area contributed by atoms with E-state index in [0.29, 0.717) is 15.8 Å². The number of aromatic nitrogens is 3. The molecule has 2 aromatic heterocycles. The van der Waals surface area contributed by atoms with Crippen LogP contribution in [0.25, 0.3) is 27.6 Å². The molecule has 0 unspecified atom stereocenters. The molecule has 0 saturated carbocycles. The second-order valence-corrected chi connectivity index (χ2v) is 6.75. The van der Waals surface area contributed by atoms with Gasteiger partial charge in [0, 0.05) is 16.8 Å². The van der Waals surface area contributed by atoms with Gasteiger partial charge in [0.25, 0.3) is 0 Å². The van der Waals surface area contributed by atoms with E-state index in [2.05, 4.69) is 17.6 Å². The van der Waals surface area contributed by atoms with Crippen LogP contribution in [0.4, 0.5) is 0 Å². The number of imidazole rings is 1. The minimum Gasteiger partial charge on any atom is -0.297 e. The third-order valence-corrected chi connectivity index (χ3v) is 4.75. The van der Waals surface area contributed by atoms with Crippen molar-refractivity contribution in [3.8, 4) is 5.69 Å². The van der Waals surface area contributed by atoms with Crippen molar-refractivity contribution in [1.82, 2.24) is 14.5 Å². The van der Waals surface area contributed by atoms with Crippen LogP contribution in [0.5, 0.6) is 0 Å². The van der Waals surface area contributed by atoms with Gasteiger partial charge in [-0.05, 0) is 36.1 Å². The molecule has 0 aliphatic heterocycles. The molecule has 0 saturated heterocycles. The molecule has 0 N–H and O–H groups in total. The predicted octanol–water partition coefficient (Wildman–Crippen LogP) is 5.35. The normalized spacial score (nSPS) is 11.5. The number of thiol groups is 1. The molecule has 24 heavy (non-hydrogen) atoms. The Balaban J connectivity index is 2.14. The Morgan fingerprint density at radius 2 is 1.92 bits per heavy atom. The summed E-state index contributed by atoms with van der Waals surface area (Å²) in [5.41, 5.74) is 4.52. The minimum absolute atomic E-state index is 0.666. The highest BCUT2D eigenvalue weighted by atomic mass is 35.5. The highest BCUT2D eigenvalue weighted by Crippen LogP contribution is 2.32. The fraction of sp³-hybridized carbons (Fsp3) is 0.111. The highest BCUT2D eigenvalue weighted by molar-refractivity contribution is 7.80. The number of pyridine rings is 1. The van der Waals surface area contributed by atoms with E-state index < -0.39 is 0 Å². The Bertz CT molecular complexity index is 1060. The Kier molecular flexibility index (Phi) is 4.12. The fourth-order valence-electron chi connectivity index (χ4n) is 2.92. The zero-order valence-corrected chi connectivity index (χ0v) is 15.0. The van der Waals surface area contributed by atoms with Crippen molar-refractivity contribution in [1.29, 1.82) is 0 Å². The number of aryl methyl sites for hydroxylation is 1. The number of fused-ring (bicyclic) bond motifs is 3. The zero-order valence-electron chi connectivity index (χ0n) is 12.6. The van der Waals surface area contributed by atoms with Gasteiger partial charge in [0.15, 0.2) is 0 Å². The van der Waals surface area contributed by atoms with Crippen LogP contribution in [0.2, 0.25) is 10.0 Å². The molecule has 0 aliphatic carbocycles. The summed E-state index contributed by atoms with van der Waals surface area (Å²) in [6.45, 7) is 0. The Morgan fingerprint density at radius 3 is 2.71 bits per heavy atom. The van der Waals surface area contributed by atoms with Gasteiger partial charge in [-0.2, -0.15) is 12.6 Å². The first-order valence-electron chi connectivity index (χ1n) is 7.50. The van der Waals surface area contributed by atoms with E-state index in [0.717, 1.165) is 39.7 Å². The first-order chi connectivity index (χ1) is 11.7. The van der Waals surface area contributed by atoms with Gasteiger partial charge in [0.05, 0.1) is 27.4 Å². The van der Waals surface area contributed by atoms with Gasteiger partial charge in [-0.3, -0.25) is 9.55 Å². The van der Waals surface area contributed by atoms with Crippen LogP contribution in [-0.4, -0.2) is 20.3 Å². The molecule has 0 aliphatic rings. The smallest absolute Gasteiger partial charge is 0.111 e. The summed E-state index contributed by atoms with van der Waals surface area (Å²) in [7, 11) is 0. The van der Waals surface area contributed by atoms with Gasteiger partial charge in [-0.1, -0.05) is 35.3 Å². The topological polar surface area (TPSA) is 30.7 Å². The van der Waals surface area contributed by atoms with Crippen molar-refractivity contribution in [3.63, 3.8) is 0 Å². The van der Waals surface area contributed by atoms with E-state index in [-0.39, 0.29) is 0 Å². The molecule has 0 atom stereocenters. The molecular weight excluding hydrogens is 361 g/mol. The number of para-hydroxylation sites is 1. The van der Waals surface area contributed by atoms with Crippen LogP contribution in [0.3, 0.4) is 0 Å². The van der Waals surface area contributed by atoms with E-state index in [1.807, 2.05) is 47.0 Å². The van der Waals surface area contributed by atoms with Crippen LogP contribution in [0.15, 0.2) is 48.8 Å². The standard InChI is InChI=1S/C18H13Cl2N3S/c19-11-5-6-14-12(9-11)18-17(15(22-14)7-8-24)21-10-23(18)16-4-2-1-3-13(16)20/h1-6,9-10,24H,7-8H2. The summed E-state index contributed by atoms with van der Waals surface area (Å²) >= 11 is 17.0. The van der Waals surface area contributed by atoms with Crippen LogP contribution in [0, 0.1) is 0 Å². The summed E-state index contributed by atoms with van der Waals surface area (Å²) < 4.78 is 2.00. The van der Waals surface area contributed by atoms with E-state index in [4.69, 9.17) is 28.2 Å². The second kappa shape index (κ2) is 6.28. The van der Waals surface area contributed by atoms with Crippen LogP contribution >= 0.6 is 35.8 Å². The molecule has 0 amide bonds. The number of rotatable bonds is 3. The SMILES string of the molecule is SCCc1nc2ccc(Cl)cc2c2c1ncn2-c1ccccc1Cl. The maximum atomic E-state index is 6.40. The largest absolute Gasteiger partial charge is 0.297 e. The van der Waals surface area contributed by atoms with Gasteiger partial charge in [0.1, 0.15) is 11.8 Å². The molecule has 0 spiro atoms. The molecule has 0 bridgehead atoms. The lowest BCUT2D eigenvalue weighted by Gasteiger charge is -2.10. The molecule has 3 nitrogen and oxygen atoms in total. The van der Waals surface area contributed by atoms with Gasteiger partial charge in [-0.25, -0.2) is 4.98 Å². The van der Waals surface area contributed by atoms with Gasteiger partial charge in [-0.15, -0.1) is 0 Å². The predicted molar refractivity (Wildman–Crippen MR) is 104 cm³/mol. The first-order valence-corrected chi connectivity index (χ1v) is 8.89. The summed E-state index contributed by atoms with van der Waals surface area (Å²) in [4.78, 5) is 9.35. The van der Waals surface area contributed by atoms with Crippen LogP contribution in [-0.2, 0) is 6.42 Å². The summed E-state index contributed by atoms with van der Waals surface area (Å²) in [5, 5.41) is 2.29. The van der Waals surface area contributed by atoms with Gasteiger partial charge >= 0.3 is 0 Å². The summed E-state index contributed by atoms with van der Waals surface area (Å²) in [6, 6.07) is 13.4. The van der Waals surface area contributed by atoms with Crippen molar-refractivity contribution in [2.75, 3.05) is 5.75 Å². The molecule has 2 aromatic carbocycles. The van der Waals surface area contributed by atoms with Crippen molar-refractivity contribution < 1.29 is 0 Å². The summed E-state index contributed by atoms with van der Waals surface area (Å²) in [6.07, 6.45) is 2.54. The number of benzene rings is 2. The van der Waals surface area contributed by atoms with Crippen LogP contribution < -0.4 is 0 Å². The molecule has 4 aromatic rings. The van der Waals surface area contributed by atoms with Crippen molar-refractivity contribution in [2.45, 2.75) is 6.42 Å². The Labute approximate surface area is 154 Å². The van der Waals surface area contributed by atoms with E-state index in [1.165, 1.54) is 0 Å². The number of nitrogens with zero attached hydrogens (tertiary/aromatic N) is 3. The fourth-order valence-corrected chi connectivity index (χ4v) is 3.53. The number of hydrogen-bond acceptors (Lipinski definition) is 3. The third-order valence-electron chi connectivity index (χ3n) is 3.97. The van der Waals surface area contributed by atoms with Gasteiger partial charge < -0.3 is 0 Å². The average Bonchev–Trinajstić information content (AvgIpc) is 3.01. The van der Waals surface area contributed by atoms with E-state index in [9.17, 15) is 0 Å². The maximum Gasteiger partial charge on any atom is 0.111 e. The molecule has 120 valence electrons. The zero-order chi connectivity index (χ0) is 16.7. The van der Waals surface area contributed by atoms with Crippen molar-refractivity contribution in [3.05, 3.63) is 64.5 Å². The maximum absolute atomic E-state index is 6.40. The lowest BCUT2D eigenvalue weighted by molar-refractivity contribution is 1.08. The molecule has 0 radical (unpaired) electrons. The van der Waals surface area contributed by atoms with Crippen molar-refractivity contribution in [2.24, 2.45) is 0 Å². The Hall–Kier alpha value is -1.75. The third kappa shape index (κ3) is 2.55. The second-order valence-electron chi connectivity index (χ2n) is 5.46.